The van der Waals surface area contributed by atoms with Crippen LogP contribution in [0.2, 0.25) is 0 Å². The quantitative estimate of drug-likeness (QED) is 0.193. The molecular weight excluding hydrogens is 601 g/mol. The summed E-state index contributed by atoms with van der Waals surface area (Å²) >= 11 is 0. The first-order chi connectivity index (χ1) is 22.7. The zero-order chi connectivity index (χ0) is 33.5. The predicted octanol–water partition coefficient (Wildman–Crippen LogP) is 2.21. The molecule has 5 rings (SSSR count). The van der Waals surface area contributed by atoms with Gasteiger partial charge in [0.05, 0.1) is 30.2 Å². The van der Waals surface area contributed by atoms with E-state index in [-0.39, 0.29) is 41.5 Å². The van der Waals surface area contributed by atoms with Crippen molar-refractivity contribution in [2.24, 2.45) is 10.9 Å². The lowest BCUT2D eigenvalue weighted by Gasteiger charge is -2.36. The van der Waals surface area contributed by atoms with Gasteiger partial charge in [0.15, 0.2) is 5.84 Å². The molecule has 0 spiro atoms. The zero-order valence-electron chi connectivity index (χ0n) is 26.6. The van der Waals surface area contributed by atoms with Crippen molar-refractivity contribution in [2.75, 3.05) is 74.9 Å². The molecule has 47 heavy (non-hydrogen) atoms. The molecule has 0 unspecified atom stereocenters. The second-order valence-corrected chi connectivity index (χ2v) is 11.5. The molecule has 5 N–H and O–H groups in total. The Morgan fingerprint density at radius 3 is 2.45 bits per heavy atom. The van der Waals surface area contributed by atoms with Crippen LogP contribution >= 0.6 is 0 Å². The summed E-state index contributed by atoms with van der Waals surface area (Å²) in [5.41, 5.74) is 7.79. The van der Waals surface area contributed by atoms with Gasteiger partial charge in [0.1, 0.15) is 23.1 Å². The molecule has 3 aromatic rings. The Kier molecular flexibility index (Phi) is 10.5. The smallest absolute Gasteiger partial charge is 0.236 e. The number of likely N-dealkylation sites (tertiary alicyclic amines) is 1. The molecule has 2 aromatic heterocycles. The fraction of sp³-hybridized carbons (Fsp3) is 0.364. The van der Waals surface area contributed by atoms with E-state index in [2.05, 4.69) is 25.2 Å². The van der Waals surface area contributed by atoms with Gasteiger partial charge in [0.25, 0.3) is 0 Å². The van der Waals surface area contributed by atoms with Gasteiger partial charge in [-0.15, -0.1) is 0 Å². The number of halogens is 1. The van der Waals surface area contributed by atoms with Crippen molar-refractivity contribution in [3.63, 3.8) is 0 Å². The molecule has 2 aliphatic rings. The Morgan fingerprint density at radius 1 is 1.06 bits per heavy atom. The van der Waals surface area contributed by atoms with E-state index >= 15 is 0 Å². The van der Waals surface area contributed by atoms with Crippen molar-refractivity contribution in [1.82, 2.24) is 25.1 Å². The molecule has 246 valence electrons. The highest BCUT2D eigenvalue weighted by atomic mass is 19.1. The van der Waals surface area contributed by atoms with Crippen LogP contribution in [0, 0.1) is 22.6 Å². The average Bonchev–Trinajstić information content (AvgIpc) is 3.56. The van der Waals surface area contributed by atoms with Crippen LogP contribution in [0.4, 0.5) is 21.7 Å². The van der Waals surface area contributed by atoms with E-state index in [9.17, 15) is 14.0 Å². The first-order valence-electron chi connectivity index (χ1n) is 15.6. The molecule has 14 heteroatoms. The number of hydrogen-bond acceptors (Lipinski definition) is 9. The number of anilines is 3. The van der Waals surface area contributed by atoms with Gasteiger partial charge in [-0.25, -0.2) is 19.4 Å². The summed E-state index contributed by atoms with van der Waals surface area (Å²) in [6, 6.07) is 12.5. The zero-order valence-corrected chi connectivity index (χ0v) is 26.6. The van der Waals surface area contributed by atoms with E-state index < -0.39 is 5.82 Å². The maximum atomic E-state index is 13.7. The topological polar surface area (TPSA) is 171 Å². The SMILES string of the molecule is CCN(C(=O)[C@@H]1CCN(CC(=O)N2CCN(c3ccc(C(=N)/N=C\NC)cn3)CC2)C1)c1ccc(N)c(C(=N)c2ccc(F)cc2)n1. The summed E-state index contributed by atoms with van der Waals surface area (Å²) in [5.74, 6) is 0.563. The second kappa shape index (κ2) is 14.9. The number of amidine groups is 1. The van der Waals surface area contributed by atoms with Gasteiger partial charge in [0.2, 0.25) is 11.8 Å². The number of benzene rings is 1. The molecule has 0 aliphatic carbocycles. The monoisotopic (exact) mass is 641 g/mol. The van der Waals surface area contributed by atoms with Crippen LogP contribution < -0.4 is 20.9 Å². The number of carbonyl (C=O) groups excluding carboxylic acids is 2. The molecule has 2 aliphatic heterocycles. The summed E-state index contributed by atoms with van der Waals surface area (Å²) in [6.45, 7) is 6.04. The van der Waals surface area contributed by atoms with Gasteiger partial charge in [-0.2, -0.15) is 0 Å². The van der Waals surface area contributed by atoms with Crippen LogP contribution in [0.5, 0.6) is 0 Å². The number of carbonyl (C=O) groups is 2. The number of rotatable bonds is 10. The minimum absolute atomic E-state index is 0.0356. The number of nitrogens with two attached hydrogens (primary N) is 1. The third-order valence-electron chi connectivity index (χ3n) is 8.42. The number of hydrogen-bond donors (Lipinski definition) is 4. The van der Waals surface area contributed by atoms with Gasteiger partial charge in [0, 0.05) is 63.6 Å². The van der Waals surface area contributed by atoms with Crippen molar-refractivity contribution in [1.29, 1.82) is 10.8 Å². The first kappa shape index (κ1) is 33.1. The molecule has 13 nitrogen and oxygen atoms in total. The molecule has 1 atom stereocenters. The first-order valence-corrected chi connectivity index (χ1v) is 15.6. The van der Waals surface area contributed by atoms with Crippen LogP contribution in [0.1, 0.15) is 30.2 Å². The third kappa shape index (κ3) is 7.77. The van der Waals surface area contributed by atoms with E-state index in [1.54, 1.807) is 30.3 Å². The highest BCUT2D eigenvalue weighted by molar-refractivity contribution is 6.12. The third-order valence-corrected chi connectivity index (χ3v) is 8.42. The summed E-state index contributed by atoms with van der Waals surface area (Å²) in [4.78, 5) is 47.5. The van der Waals surface area contributed by atoms with Crippen LogP contribution in [0.3, 0.4) is 0 Å². The predicted molar refractivity (Wildman–Crippen MR) is 181 cm³/mol. The fourth-order valence-electron chi connectivity index (χ4n) is 5.79. The number of pyridine rings is 2. The van der Waals surface area contributed by atoms with E-state index in [1.165, 1.54) is 30.6 Å². The molecule has 2 amide bonds. The maximum absolute atomic E-state index is 13.7. The fourth-order valence-corrected chi connectivity index (χ4v) is 5.79. The highest BCUT2D eigenvalue weighted by Crippen LogP contribution is 2.25. The van der Waals surface area contributed by atoms with Gasteiger partial charge >= 0.3 is 0 Å². The Labute approximate surface area is 273 Å². The number of nitrogen functional groups attached to an aromatic ring is 1. The van der Waals surface area contributed by atoms with Crippen molar-refractivity contribution in [3.8, 4) is 0 Å². The lowest BCUT2D eigenvalue weighted by atomic mass is 10.1. The summed E-state index contributed by atoms with van der Waals surface area (Å²) in [5, 5.41) is 19.4. The average molecular weight is 642 g/mol. The molecule has 0 saturated carbocycles. The Morgan fingerprint density at radius 2 is 1.79 bits per heavy atom. The van der Waals surface area contributed by atoms with Crippen molar-refractivity contribution in [3.05, 3.63) is 77.4 Å². The van der Waals surface area contributed by atoms with Gasteiger partial charge in [-0.1, -0.05) is 0 Å². The molecule has 0 radical (unpaired) electrons. The molecule has 2 saturated heterocycles. The lowest BCUT2D eigenvalue weighted by Crippen LogP contribution is -2.51. The standard InChI is InChI=1S/C33H40FN11O2/c1-3-45(28-11-9-26(35)31(41-28)30(36)22-4-7-25(34)8-5-22)33(47)24-12-13-42(19-24)20-29(46)44-16-14-43(15-17-44)27-10-6-23(18-39-27)32(37)40-21-38-2/h4-11,18,21,24,36H,3,12-17,19-20,35H2,1-2H3,(H2,37,38,40)/t24-/m1/s1. The number of nitrogens with one attached hydrogen (secondary N) is 3. The van der Waals surface area contributed by atoms with Crippen LogP contribution in [0.15, 0.2) is 59.7 Å². The number of nitrogens with zero attached hydrogens (tertiary/aromatic N) is 7. The van der Waals surface area contributed by atoms with E-state index in [4.69, 9.17) is 16.6 Å². The van der Waals surface area contributed by atoms with E-state index in [0.29, 0.717) is 74.9 Å². The normalized spacial score (nSPS) is 16.8. The summed E-state index contributed by atoms with van der Waals surface area (Å²) < 4.78 is 13.4. The molecule has 4 heterocycles. The van der Waals surface area contributed by atoms with Gasteiger partial charge in [-0.3, -0.25) is 30.2 Å². The molecule has 2 fully saturated rings. The maximum Gasteiger partial charge on any atom is 0.236 e. The van der Waals surface area contributed by atoms with E-state index in [1.807, 2.05) is 28.9 Å². The minimum Gasteiger partial charge on any atom is -0.397 e. The Bertz CT molecular complexity index is 1640. The van der Waals surface area contributed by atoms with Crippen LogP contribution in [-0.4, -0.2) is 109 Å². The highest BCUT2D eigenvalue weighted by Gasteiger charge is 2.34. The second-order valence-electron chi connectivity index (χ2n) is 11.5. The summed E-state index contributed by atoms with van der Waals surface area (Å²) in [6.07, 6.45) is 3.71. The lowest BCUT2D eigenvalue weighted by molar-refractivity contribution is -0.132. The largest absolute Gasteiger partial charge is 0.397 e. The summed E-state index contributed by atoms with van der Waals surface area (Å²) in [7, 11) is 1.72. The Balaban J connectivity index is 1.14. The molecule has 0 bridgehead atoms. The minimum atomic E-state index is -0.403. The van der Waals surface area contributed by atoms with Crippen molar-refractivity contribution < 1.29 is 14.0 Å². The van der Waals surface area contributed by atoms with Crippen LogP contribution in [0.25, 0.3) is 0 Å². The number of aromatic nitrogens is 2. The molecular formula is C33H40FN11O2. The van der Waals surface area contributed by atoms with Gasteiger partial charge < -0.3 is 20.9 Å². The van der Waals surface area contributed by atoms with Gasteiger partial charge in [-0.05, 0) is 68.4 Å². The van der Waals surface area contributed by atoms with Crippen molar-refractivity contribution in [2.45, 2.75) is 13.3 Å². The Hall–Kier alpha value is -5.24. The van der Waals surface area contributed by atoms with Crippen molar-refractivity contribution >= 4 is 47.0 Å². The van der Waals surface area contributed by atoms with E-state index in [0.717, 1.165) is 5.82 Å². The number of aliphatic imine (C=N–C) groups is 1. The number of piperazine rings is 1. The van der Waals surface area contributed by atoms with Crippen LogP contribution in [-0.2, 0) is 9.59 Å². The molecule has 1 aromatic carbocycles. The number of amides is 2.